The van der Waals surface area contributed by atoms with E-state index < -0.39 is 17.5 Å². The van der Waals surface area contributed by atoms with Crippen LogP contribution in [0.25, 0.3) is 0 Å². The second kappa shape index (κ2) is 6.45. The van der Waals surface area contributed by atoms with Gasteiger partial charge in [-0.3, -0.25) is 9.69 Å². The summed E-state index contributed by atoms with van der Waals surface area (Å²) in [5, 5.41) is 29.3. The second-order valence-electron chi connectivity index (χ2n) is 5.90. The Bertz CT molecular complexity index is 505. The highest BCUT2D eigenvalue weighted by molar-refractivity contribution is 5.76. The lowest BCUT2D eigenvalue weighted by Crippen LogP contribution is -2.55. The lowest BCUT2D eigenvalue weighted by atomic mass is 9.74. The standard InChI is InChI=1S/C16H23NO4/c1-2-7-16(15(20)21)11-17(8-6-14(16)19)10-12-4-3-5-13(18)9-12/h3-5,9,14,18-19H,2,6-8,10-11H2,1H3,(H,20,21)/t14-,16+/m0/s1. The minimum absolute atomic E-state index is 0.211. The molecule has 5 nitrogen and oxygen atoms in total. The lowest BCUT2D eigenvalue weighted by molar-refractivity contribution is -0.164. The first-order valence-corrected chi connectivity index (χ1v) is 7.39. The molecule has 1 aromatic carbocycles. The van der Waals surface area contributed by atoms with Gasteiger partial charge in [0.15, 0.2) is 0 Å². The number of benzene rings is 1. The van der Waals surface area contributed by atoms with Gasteiger partial charge in [0, 0.05) is 19.6 Å². The van der Waals surface area contributed by atoms with E-state index in [1.165, 1.54) is 0 Å². The van der Waals surface area contributed by atoms with Crippen LogP contribution >= 0.6 is 0 Å². The Kier molecular flexibility index (Phi) is 4.85. The van der Waals surface area contributed by atoms with Crippen molar-refractivity contribution in [2.75, 3.05) is 13.1 Å². The van der Waals surface area contributed by atoms with Crippen molar-refractivity contribution in [1.82, 2.24) is 4.90 Å². The molecule has 0 unspecified atom stereocenters. The van der Waals surface area contributed by atoms with Crippen molar-refractivity contribution in [2.24, 2.45) is 5.41 Å². The summed E-state index contributed by atoms with van der Waals surface area (Å²) in [6, 6.07) is 6.99. The fraction of sp³-hybridized carbons (Fsp3) is 0.562. The Labute approximate surface area is 124 Å². The van der Waals surface area contributed by atoms with Crippen LogP contribution in [0.3, 0.4) is 0 Å². The van der Waals surface area contributed by atoms with Gasteiger partial charge in [0.05, 0.1) is 6.10 Å². The first-order valence-electron chi connectivity index (χ1n) is 7.39. The molecule has 1 aliphatic rings. The van der Waals surface area contributed by atoms with Gasteiger partial charge < -0.3 is 15.3 Å². The summed E-state index contributed by atoms with van der Waals surface area (Å²) >= 11 is 0. The van der Waals surface area contributed by atoms with Crippen molar-refractivity contribution in [3.8, 4) is 5.75 Å². The number of carbonyl (C=O) groups is 1. The zero-order chi connectivity index (χ0) is 15.5. The average molecular weight is 293 g/mol. The maximum Gasteiger partial charge on any atom is 0.313 e. The number of likely N-dealkylation sites (tertiary alicyclic amines) is 1. The van der Waals surface area contributed by atoms with Gasteiger partial charge in [0.25, 0.3) is 0 Å². The van der Waals surface area contributed by atoms with Crippen molar-refractivity contribution in [2.45, 2.75) is 38.8 Å². The third-order valence-corrected chi connectivity index (χ3v) is 4.30. The molecule has 0 radical (unpaired) electrons. The molecule has 3 N–H and O–H groups in total. The largest absolute Gasteiger partial charge is 0.508 e. The molecule has 0 aromatic heterocycles. The van der Waals surface area contributed by atoms with E-state index >= 15 is 0 Å². The number of rotatable bonds is 5. The Balaban J connectivity index is 2.14. The van der Waals surface area contributed by atoms with Crippen LogP contribution in [0.4, 0.5) is 0 Å². The number of carboxylic acids is 1. The maximum absolute atomic E-state index is 11.7. The van der Waals surface area contributed by atoms with E-state index in [-0.39, 0.29) is 5.75 Å². The summed E-state index contributed by atoms with van der Waals surface area (Å²) in [5.74, 6) is -0.708. The minimum atomic E-state index is -1.08. The molecule has 1 saturated heterocycles. The number of phenolic OH excluding ortho intramolecular Hbond substituents is 1. The molecular formula is C16H23NO4. The second-order valence-corrected chi connectivity index (χ2v) is 5.90. The molecular weight excluding hydrogens is 270 g/mol. The smallest absolute Gasteiger partial charge is 0.313 e. The van der Waals surface area contributed by atoms with Gasteiger partial charge in [0.2, 0.25) is 0 Å². The van der Waals surface area contributed by atoms with Crippen LogP contribution in [0.1, 0.15) is 31.7 Å². The highest BCUT2D eigenvalue weighted by Gasteiger charge is 2.48. The highest BCUT2D eigenvalue weighted by atomic mass is 16.4. The van der Waals surface area contributed by atoms with Crippen LogP contribution < -0.4 is 0 Å². The van der Waals surface area contributed by atoms with Crippen LogP contribution in [-0.4, -0.2) is 45.4 Å². The summed E-state index contributed by atoms with van der Waals surface area (Å²) in [6.07, 6.45) is 0.865. The average Bonchev–Trinajstić information content (AvgIpc) is 2.42. The number of aromatic hydroxyl groups is 1. The molecule has 0 saturated carbocycles. The van der Waals surface area contributed by atoms with E-state index in [1.807, 2.05) is 17.9 Å². The minimum Gasteiger partial charge on any atom is -0.508 e. The number of hydrogen-bond donors (Lipinski definition) is 3. The number of hydrogen-bond acceptors (Lipinski definition) is 4. The fourth-order valence-corrected chi connectivity index (χ4v) is 3.22. The third-order valence-electron chi connectivity index (χ3n) is 4.30. The highest BCUT2D eigenvalue weighted by Crippen LogP contribution is 2.36. The Hall–Kier alpha value is -1.59. The molecule has 1 aliphatic heterocycles. The number of aliphatic hydroxyl groups is 1. The molecule has 1 heterocycles. The lowest BCUT2D eigenvalue weighted by Gasteiger charge is -2.43. The van der Waals surface area contributed by atoms with Crippen molar-refractivity contribution in [1.29, 1.82) is 0 Å². The van der Waals surface area contributed by atoms with Gasteiger partial charge in [0.1, 0.15) is 11.2 Å². The predicted octanol–water partition coefficient (Wildman–Crippen LogP) is 1.83. The molecule has 2 atom stereocenters. The number of piperidine rings is 1. The zero-order valence-electron chi connectivity index (χ0n) is 12.3. The van der Waals surface area contributed by atoms with Gasteiger partial charge in [-0.1, -0.05) is 25.5 Å². The summed E-state index contributed by atoms with van der Waals surface area (Å²) in [5.41, 5.74) is -0.133. The molecule has 5 heteroatoms. The number of aliphatic carboxylic acids is 1. The molecule has 1 fully saturated rings. The van der Waals surface area contributed by atoms with Crippen molar-refractivity contribution in [3.63, 3.8) is 0 Å². The van der Waals surface area contributed by atoms with Gasteiger partial charge in [-0.2, -0.15) is 0 Å². The number of phenols is 1. The maximum atomic E-state index is 11.7. The van der Waals surface area contributed by atoms with Crippen molar-refractivity contribution in [3.05, 3.63) is 29.8 Å². The van der Waals surface area contributed by atoms with Gasteiger partial charge in [-0.15, -0.1) is 0 Å². The van der Waals surface area contributed by atoms with E-state index in [0.29, 0.717) is 32.5 Å². The van der Waals surface area contributed by atoms with Crippen molar-refractivity contribution < 1.29 is 20.1 Å². The fourth-order valence-electron chi connectivity index (χ4n) is 3.22. The molecule has 0 amide bonds. The zero-order valence-corrected chi connectivity index (χ0v) is 12.3. The van der Waals surface area contributed by atoms with Crippen LogP contribution in [-0.2, 0) is 11.3 Å². The van der Waals surface area contributed by atoms with Crippen LogP contribution in [0.5, 0.6) is 5.75 Å². The summed E-state index contributed by atoms with van der Waals surface area (Å²) < 4.78 is 0. The van der Waals surface area contributed by atoms with Crippen LogP contribution in [0, 0.1) is 5.41 Å². The Morgan fingerprint density at radius 3 is 2.86 bits per heavy atom. The van der Waals surface area contributed by atoms with Gasteiger partial charge in [-0.05, 0) is 30.5 Å². The molecule has 0 aliphatic carbocycles. The Morgan fingerprint density at radius 2 is 2.24 bits per heavy atom. The summed E-state index contributed by atoms with van der Waals surface area (Å²) in [4.78, 5) is 13.7. The number of aliphatic hydroxyl groups excluding tert-OH is 1. The first-order chi connectivity index (χ1) is 9.98. The molecule has 0 bridgehead atoms. The topological polar surface area (TPSA) is 81.0 Å². The van der Waals surface area contributed by atoms with Crippen LogP contribution in [0.15, 0.2) is 24.3 Å². The molecule has 0 spiro atoms. The number of carboxylic acid groups (broad SMARTS) is 1. The first kappa shape index (κ1) is 15.8. The molecule has 2 rings (SSSR count). The van der Waals surface area contributed by atoms with E-state index in [4.69, 9.17) is 0 Å². The van der Waals surface area contributed by atoms with Crippen molar-refractivity contribution >= 4 is 5.97 Å². The monoisotopic (exact) mass is 293 g/mol. The van der Waals surface area contributed by atoms with Gasteiger partial charge in [-0.25, -0.2) is 0 Å². The number of nitrogens with zero attached hydrogens (tertiary/aromatic N) is 1. The normalized spacial score (nSPS) is 26.7. The molecule has 1 aromatic rings. The van der Waals surface area contributed by atoms with E-state index in [1.54, 1.807) is 18.2 Å². The predicted molar refractivity (Wildman–Crippen MR) is 79.0 cm³/mol. The molecule has 116 valence electrons. The summed E-state index contributed by atoms with van der Waals surface area (Å²) in [7, 11) is 0. The van der Waals surface area contributed by atoms with E-state index in [0.717, 1.165) is 12.0 Å². The van der Waals surface area contributed by atoms with Crippen LogP contribution in [0.2, 0.25) is 0 Å². The quantitative estimate of drug-likeness (QED) is 0.771. The third kappa shape index (κ3) is 3.36. The summed E-state index contributed by atoms with van der Waals surface area (Å²) in [6.45, 7) is 3.52. The van der Waals surface area contributed by atoms with E-state index in [9.17, 15) is 20.1 Å². The van der Waals surface area contributed by atoms with E-state index in [2.05, 4.69) is 0 Å². The SMILES string of the molecule is CCC[C@@]1(C(=O)O)CN(Cc2cccc(O)c2)CC[C@@H]1O. The Morgan fingerprint density at radius 1 is 1.48 bits per heavy atom. The van der Waals surface area contributed by atoms with Gasteiger partial charge >= 0.3 is 5.97 Å². The molecule has 21 heavy (non-hydrogen) atoms.